The van der Waals surface area contributed by atoms with Gasteiger partial charge in [-0.3, -0.25) is 0 Å². The highest BCUT2D eigenvalue weighted by Gasteiger charge is 2.30. The largest absolute Gasteiger partial charge is 0.416 e. The molecule has 0 spiro atoms. The van der Waals surface area contributed by atoms with E-state index in [1.54, 1.807) is 12.3 Å². The van der Waals surface area contributed by atoms with Crippen molar-refractivity contribution in [2.45, 2.75) is 17.5 Å². The lowest BCUT2D eigenvalue weighted by molar-refractivity contribution is -0.137. The molecule has 0 bridgehead atoms. The zero-order valence-electron chi connectivity index (χ0n) is 17.5. The number of halogens is 3. The van der Waals surface area contributed by atoms with Crippen LogP contribution < -0.4 is 0 Å². The number of aromatic nitrogens is 2. The monoisotopic (exact) mass is 467 g/mol. The lowest BCUT2D eigenvalue weighted by atomic mass is 10.1. The van der Waals surface area contributed by atoms with Crippen molar-refractivity contribution in [2.75, 3.05) is 13.1 Å². The zero-order chi connectivity index (χ0) is 23.0. The van der Waals surface area contributed by atoms with Gasteiger partial charge in [0.05, 0.1) is 22.3 Å². The Balaban J connectivity index is 1.34. The molecule has 1 aliphatic heterocycles. The molecule has 0 aliphatic carbocycles. The predicted octanol–water partition coefficient (Wildman–Crippen LogP) is 6.06. The smallest absolute Gasteiger partial charge is 0.338 e. The van der Waals surface area contributed by atoms with Crippen LogP contribution in [0.15, 0.2) is 83.9 Å². The van der Waals surface area contributed by atoms with Gasteiger partial charge in [0.15, 0.2) is 0 Å². The van der Waals surface area contributed by atoms with Gasteiger partial charge >= 0.3 is 6.18 Å². The SMILES string of the molecule is O=S(c1cccc2ccccc12)N1CC=C(c2ncc(-c3cccc(C(F)(F)F)c3)[nH]2)CC1. The maximum atomic E-state index is 13.3. The first-order valence-electron chi connectivity index (χ1n) is 10.5. The van der Waals surface area contributed by atoms with Crippen LogP contribution in [0.3, 0.4) is 0 Å². The highest BCUT2D eigenvalue weighted by molar-refractivity contribution is 7.83. The van der Waals surface area contributed by atoms with Crippen LogP contribution >= 0.6 is 0 Å². The minimum atomic E-state index is -4.39. The standard InChI is InChI=1S/C25H20F3N3OS/c26-25(27,28)20-8-3-7-19(15-20)22-16-29-24(30-22)18-11-13-31(14-12-18)33(32)23-10-4-6-17-5-1-2-9-21(17)23/h1-11,15-16H,12-14H2,(H,29,30). The molecule has 1 atom stereocenters. The van der Waals surface area contributed by atoms with E-state index in [9.17, 15) is 17.4 Å². The molecule has 1 unspecified atom stereocenters. The molecule has 8 heteroatoms. The van der Waals surface area contributed by atoms with Crippen LogP contribution in [0.4, 0.5) is 13.2 Å². The molecule has 2 heterocycles. The number of nitrogens with one attached hydrogen (secondary N) is 1. The average Bonchev–Trinajstić information content (AvgIpc) is 3.33. The summed E-state index contributed by atoms with van der Waals surface area (Å²) in [6, 6.07) is 18.9. The molecule has 4 nitrogen and oxygen atoms in total. The second-order valence-electron chi connectivity index (χ2n) is 7.82. The Morgan fingerprint density at radius 3 is 2.58 bits per heavy atom. The van der Waals surface area contributed by atoms with Crippen LogP contribution in [0, 0.1) is 0 Å². The van der Waals surface area contributed by atoms with Crippen LogP contribution in [-0.2, 0) is 17.2 Å². The second kappa shape index (κ2) is 8.61. The molecule has 33 heavy (non-hydrogen) atoms. The van der Waals surface area contributed by atoms with Gasteiger partial charge in [0, 0.05) is 18.7 Å². The van der Waals surface area contributed by atoms with E-state index in [1.807, 2.05) is 52.8 Å². The molecule has 0 saturated heterocycles. The normalized spacial score (nSPS) is 16.0. The predicted molar refractivity (Wildman–Crippen MR) is 124 cm³/mol. The number of imidazole rings is 1. The minimum Gasteiger partial charge on any atom is -0.338 e. The van der Waals surface area contributed by atoms with E-state index < -0.39 is 22.7 Å². The summed E-state index contributed by atoms with van der Waals surface area (Å²) in [7, 11) is -1.30. The van der Waals surface area contributed by atoms with Crippen LogP contribution in [0.2, 0.25) is 0 Å². The molecule has 5 rings (SSSR count). The fourth-order valence-electron chi connectivity index (χ4n) is 4.00. The number of benzene rings is 3. The lowest BCUT2D eigenvalue weighted by Crippen LogP contribution is -2.30. The van der Waals surface area contributed by atoms with Gasteiger partial charge in [-0.25, -0.2) is 13.5 Å². The van der Waals surface area contributed by atoms with E-state index in [0.717, 1.165) is 33.4 Å². The summed E-state index contributed by atoms with van der Waals surface area (Å²) in [4.78, 5) is 8.30. The number of rotatable bonds is 4. The van der Waals surface area contributed by atoms with Crippen LogP contribution in [0.25, 0.3) is 27.6 Å². The van der Waals surface area contributed by atoms with Crippen molar-refractivity contribution in [1.29, 1.82) is 0 Å². The maximum Gasteiger partial charge on any atom is 0.416 e. The van der Waals surface area contributed by atoms with E-state index in [2.05, 4.69) is 9.97 Å². The molecular weight excluding hydrogens is 447 g/mol. The summed E-state index contributed by atoms with van der Waals surface area (Å²) >= 11 is 0. The molecule has 0 saturated carbocycles. The molecule has 3 aromatic carbocycles. The first-order chi connectivity index (χ1) is 15.9. The zero-order valence-corrected chi connectivity index (χ0v) is 18.3. The van der Waals surface area contributed by atoms with Gasteiger partial charge in [0.2, 0.25) is 0 Å². The molecule has 0 fully saturated rings. The van der Waals surface area contributed by atoms with E-state index >= 15 is 0 Å². The summed E-state index contributed by atoms with van der Waals surface area (Å²) in [5.74, 6) is 0.623. The molecule has 0 amide bonds. The number of nitrogens with zero attached hydrogens (tertiary/aromatic N) is 2. The Hall–Kier alpha value is -3.23. The van der Waals surface area contributed by atoms with Gasteiger partial charge in [0.1, 0.15) is 16.8 Å². The quantitative estimate of drug-likeness (QED) is 0.397. The maximum absolute atomic E-state index is 13.3. The van der Waals surface area contributed by atoms with Crippen molar-refractivity contribution in [1.82, 2.24) is 14.3 Å². The Morgan fingerprint density at radius 2 is 1.79 bits per heavy atom. The van der Waals surface area contributed by atoms with Crippen molar-refractivity contribution in [3.05, 3.63) is 90.4 Å². The summed E-state index contributed by atoms with van der Waals surface area (Å²) in [5, 5.41) is 2.03. The van der Waals surface area contributed by atoms with Crippen LogP contribution in [-0.4, -0.2) is 31.6 Å². The second-order valence-corrected chi connectivity index (χ2v) is 9.27. The first kappa shape index (κ1) is 21.6. The van der Waals surface area contributed by atoms with Gasteiger partial charge in [-0.15, -0.1) is 0 Å². The van der Waals surface area contributed by atoms with Crippen molar-refractivity contribution in [3.8, 4) is 11.3 Å². The van der Waals surface area contributed by atoms with Crippen molar-refractivity contribution < 1.29 is 17.4 Å². The highest BCUT2D eigenvalue weighted by Crippen LogP contribution is 2.32. The number of aromatic amines is 1. The molecule has 1 aliphatic rings. The molecule has 1 aromatic heterocycles. The average molecular weight is 468 g/mol. The molecule has 168 valence electrons. The van der Waals surface area contributed by atoms with E-state index in [-0.39, 0.29) is 0 Å². The number of H-pyrrole nitrogens is 1. The van der Waals surface area contributed by atoms with Crippen LogP contribution in [0.5, 0.6) is 0 Å². The fourth-order valence-corrected chi connectivity index (χ4v) is 5.31. The van der Waals surface area contributed by atoms with Crippen LogP contribution in [0.1, 0.15) is 17.8 Å². The van der Waals surface area contributed by atoms with Crippen molar-refractivity contribution in [3.63, 3.8) is 0 Å². The first-order valence-corrected chi connectivity index (χ1v) is 11.6. The summed E-state index contributed by atoms with van der Waals surface area (Å²) in [5.41, 5.74) is 1.22. The third-order valence-corrected chi connectivity index (χ3v) is 7.26. The third kappa shape index (κ3) is 4.36. The van der Waals surface area contributed by atoms with Gasteiger partial charge in [0.25, 0.3) is 0 Å². The molecule has 0 radical (unpaired) electrons. The molecule has 4 aromatic rings. The lowest BCUT2D eigenvalue weighted by Gasteiger charge is -2.25. The summed E-state index contributed by atoms with van der Waals surface area (Å²) in [6.07, 6.45) is -0.242. The number of fused-ring (bicyclic) bond motifs is 1. The summed E-state index contributed by atoms with van der Waals surface area (Å²) < 4.78 is 54.2. The highest BCUT2D eigenvalue weighted by atomic mass is 32.2. The minimum absolute atomic E-state index is 0.429. The third-order valence-electron chi connectivity index (χ3n) is 5.73. The number of hydrogen-bond acceptors (Lipinski definition) is 2. The van der Waals surface area contributed by atoms with Gasteiger partial charge in [-0.2, -0.15) is 13.2 Å². The van der Waals surface area contributed by atoms with Gasteiger partial charge in [-0.1, -0.05) is 54.6 Å². The topological polar surface area (TPSA) is 49.0 Å². The summed E-state index contributed by atoms with van der Waals surface area (Å²) in [6.45, 7) is 1.08. The van der Waals surface area contributed by atoms with Gasteiger partial charge < -0.3 is 4.98 Å². The van der Waals surface area contributed by atoms with E-state index in [1.165, 1.54) is 6.07 Å². The Kier molecular flexibility index (Phi) is 5.64. The number of alkyl halides is 3. The Labute approximate surface area is 191 Å². The Morgan fingerprint density at radius 1 is 1.00 bits per heavy atom. The van der Waals surface area contributed by atoms with Gasteiger partial charge in [-0.05, 0) is 41.0 Å². The molecular formula is C25H20F3N3OS. The molecule has 1 N–H and O–H groups in total. The van der Waals surface area contributed by atoms with Crippen molar-refractivity contribution in [2.24, 2.45) is 0 Å². The van der Waals surface area contributed by atoms with E-state index in [4.69, 9.17) is 0 Å². The number of hydrogen-bond donors (Lipinski definition) is 1. The Bertz CT molecular complexity index is 1370. The van der Waals surface area contributed by atoms with E-state index in [0.29, 0.717) is 36.6 Å². The fraction of sp³-hybridized carbons (Fsp3) is 0.160. The van der Waals surface area contributed by atoms with Crippen molar-refractivity contribution >= 4 is 27.3 Å².